The normalized spacial score (nSPS) is 10.9. The van der Waals surface area contributed by atoms with Gasteiger partial charge in [0, 0.05) is 19.8 Å². The average molecular weight is 239 g/mol. The van der Waals surface area contributed by atoms with E-state index in [2.05, 4.69) is 17.1 Å². The molecular formula is C13H25N3O. The molecule has 4 nitrogen and oxygen atoms in total. The molecule has 0 aromatic carbocycles. The lowest BCUT2D eigenvalue weighted by Crippen LogP contribution is -2.02. The zero-order chi connectivity index (χ0) is 12.2. The van der Waals surface area contributed by atoms with Crippen LogP contribution >= 0.6 is 0 Å². The van der Waals surface area contributed by atoms with Gasteiger partial charge in [-0.05, 0) is 12.8 Å². The van der Waals surface area contributed by atoms with Crippen molar-refractivity contribution in [1.29, 1.82) is 0 Å². The van der Waals surface area contributed by atoms with Gasteiger partial charge in [0.25, 0.3) is 0 Å². The van der Waals surface area contributed by atoms with Gasteiger partial charge in [-0.15, -0.1) is 10.2 Å². The van der Waals surface area contributed by atoms with E-state index in [0.29, 0.717) is 0 Å². The molecule has 1 rings (SSSR count). The van der Waals surface area contributed by atoms with Gasteiger partial charge < -0.3 is 9.30 Å². The van der Waals surface area contributed by atoms with Gasteiger partial charge in [0.2, 0.25) is 0 Å². The number of aromatic nitrogens is 3. The highest BCUT2D eigenvalue weighted by atomic mass is 16.5. The molecule has 0 atom stereocenters. The number of aryl methyl sites for hydroxylation is 1. The van der Waals surface area contributed by atoms with Crippen LogP contribution in [0.2, 0.25) is 0 Å². The minimum Gasteiger partial charge on any atom is -0.381 e. The van der Waals surface area contributed by atoms with Gasteiger partial charge in [-0.2, -0.15) is 0 Å². The summed E-state index contributed by atoms with van der Waals surface area (Å²) in [6.07, 6.45) is 12.5. The fourth-order valence-electron chi connectivity index (χ4n) is 1.77. The number of unbranched alkanes of at least 4 members (excludes halogenated alkanes) is 5. The molecule has 0 N–H and O–H groups in total. The minimum atomic E-state index is 0.840. The molecule has 0 fully saturated rings. The summed E-state index contributed by atoms with van der Waals surface area (Å²) in [5.74, 6) is 0. The predicted molar refractivity (Wildman–Crippen MR) is 68.8 cm³/mol. The second kappa shape index (κ2) is 10.3. The molecule has 1 aromatic rings. The molecular weight excluding hydrogens is 214 g/mol. The lowest BCUT2D eigenvalue weighted by molar-refractivity contribution is 0.124. The van der Waals surface area contributed by atoms with E-state index in [4.69, 9.17) is 4.74 Å². The first kappa shape index (κ1) is 14.2. The van der Waals surface area contributed by atoms with Gasteiger partial charge in [-0.1, -0.05) is 39.0 Å². The van der Waals surface area contributed by atoms with Gasteiger partial charge in [-0.25, -0.2) is 0 Å². The van der Waals surface area contributed by atoms with Crippen LogP contribution in [0.5, 0.6) is 0 Å². The molecule has 0 spiro atoms. The number of hydrogen-bond donors (Lipinski definition) is 0. The maximum absolute atomic E-state index is 5.58. The van der Waals surface area contributed by atoms with Crippen molar-refractivity contribution in [1.82, 2.24) is 14.8 Å². The highest BCUT2D eigenvalue weighted by Gasteiger charge is 1.93. The molecule has 0 aliphatic carbocycles. The van der Waals surface area contributed by atoms with Crippen molar-refractivity contribution < 1.29 is 4.74 Å². The molecule has 0 bridgehead atoms. The third kappa shape index (κ3) is 7.91. The Morgan fingerprint density at radius 3 is 2.29 bits per heavy atom. The summed E-state index contributed by atoms with van der Waals surface area (Å²) in [6, 6.07) is 0. The van der Waals surface area contributed by atoms with Crippen LogP contribution in [0.1, 0.15) is 51.9 Å². The van der Waals surface area contributed by atoms with Crippen LogP contribution in [0, 0.1) is 0 Å². The van der Waals surface area contributed by atoms with Gasteiger partial charge in [0.1, 0.15) is 12.7 Å². The molecule has 0 saturated heterocycles. The Kier molecular flexibility index (Phi) is 8.55. The number of ether oxygens (including phenoxy) is 1. The molecule has 0 aliphatic heterocycles. The van der Waals surface area contributed by atoms with Crippen molar-refractivity contribution in [3.05, 3.63) is 12.7 Å². The van der Waals surface area contributed by atoms with E-state index in [1.807, 2.05) is 4.57 Å². The average Bonchev–Trinajstić information content (AvgIpc) is 2.85. The van der Waals surface area contributed by atoms with Gasteiger partial charge >= 0.3 is 0 Å². The van der Waals surface area contributed by atoms with E-state index >= 15 is 0 Å². The summed E-state index contributed by atoms with van der Waals surface area (Å²) in [5, 5.41) is 7.52. The first-order valence-corrected chi connectivity index (χ1v) is 6.83. The fourth-order valence-corrected chi connectivity index (χ4v) is 1.77. The first-order chi connectivity index (χ1) is 8.43. The van der Waals surface area contributed by atoms with E-state index in [9.17, 15) is 0 Å². The van der Waals surface area contributed by atoms with Crippen LogP contribution in [0.4, 0.5) is 0 Å². The van der Waals surface area contributed by atoms with Crippen LogP contribution in [0.25, 0.3) is 0 Å². The van der Waals surface area contributed by atoms with E-state index in [0.717, 1.165) is 26.2 Å². The Balaban J connectivity index is 1.76. The molecule has 0 radical (unpaired) electrons. The Bertz CT molecular complexity index is 249. The molecule has 1 heterocycles. The maximum Gasteiger partial charge on any atom is 0.119 e. The molecule has 98 valence electrons. The summed E-state index contributed by atoms with van der Waals surface area (Å²) in [4.78, 5) is 0. The number of rotatable bonds is 11. The second-order valence-electron chi connectivity index (χ2n) is 4.43. The largest absolute Gasteiger partial charge is 0.381 e. The van der Waals surface area contributed by atoms with Crippen molar-refractivity contribution >= 4 is 0 Å². The first-order valence-electron chi connectivity index (χ1n) is 6.83. The van der Waals surface area contributed by atoms with Crippen LogP contribution in [-0.4, -0.2) is 28.0 Å². The molecule has 0 saturated carbocycles. The summed E-state index contributed by atoms with van der Waals surface area (Å²) in [7, 11) is 0. The van der Waals surface area contributed by atoms with Crippen molar-refractivity contribution in [3.63, 3.8) is 0 Å². The Hall–Kier alpha value is -0.900. The maximum atomic E-state index is 5.58. The SMILES string of the molecule is CCCCCCCCOCCCn1cnnc1. The quantitative estimate of drug-likeness (QED) is 0.557. The lowest BCUT2D eigenvalue weighted by Gasteiger charge is -2.04. The molecule has 17 heavy (non-hydrogen) atoms. The predicted octanol–water partition coefficient (Wildman–Crippen LogP) is 3.05. The van der Waals surface area contributed by atoms with Crippen molar-refractivity contribution in [2.75, 3.05) is 13.2 Å². The zero-order valence-electron chi connectivity index (χ0n) is 11.0. The van der Waals surface area contributed by atoms with E-state index in [1.54, 1.807) is 12.7 Å². The lowest BCUT2D eigenvalue weighted by atomic mass is 10.1. The number of hydrogen-bond acceptors (Lipinski definition) is 3. The zero-order valence-corrected chi connectivity index (χ0v) is 11.0. The summed E-state index contributed by atoms with van der Waals surface area (Å²) in [6.45, 7) is 4.95. The third-order valence-electron chi connectivity index (χ3n) is 2.81. The van der Waals surface area contributed by atoms with E-state index in [-0.39, 0.29) is 0 Å². The van der Waals surface area contributed by atoms with Gasteiger partial charge in [0.15, 0.2) is 0 Å². The molecule has 1 aromatic heterocycles. The van der Waals surface area contributed by atoms with Crippen molar-refractivity contribution in [3.8, 4) is 0 Å². The van der Waals surface area contributed by atoms with Crippen molar-refractivity contribution in [2.24, 2.45) is 0 Å². The summed E-state index contributed by atoms with van der Waals surface area (Å²) < 4.78 is 7.56. The van der Waals surface area contributed by atoms with E-state index < -0.39 is 0 Å². The smallest absolute Gasteiger partial charge is 0.119 e. The summed E-state index contributed by atoms with van der Waals surface area (Å²) >= 11 is 0. The monoisotopic (exact) mass is 239 g/mol. The van der Waals surface area contributed by atoms with Gasteiger partial charge in [0.05, 0.1) is 0 Å². The molecule has 0 amide bonds. The van der Waals surface area contributed by atoms with Crippen molar-refractivity contribution in [2.45, 2.75) is 58.4 Å². The highest BCUT2D eigenvalue weighted by Crippen LogP contribution is 2.04. The molecule has 0 unspecified atom stereocenters. The third-order valence-corrected chi connectivity index (χ3v) is 2.81. The highest BCUT2D eigenvalue weighted by molar-refractivity contribution is 4.59. The molecule has 4 heteroatoms. The summed E-state index contributed by atoms with van der Waals surface area (Å²) in [5.41, 5.74) is 0. The number of nitrogens with zero attached hydrogens (tertiary/aromatic N) is 3. The van der Waals surface area contributed by atoms with Crippen LogP contribution < -0.4 is 0 Å². The van der Waals surface area contributed by atoms with Gasteiger partial charge in [-0.3, -0.25) is 0 Å². The van der Waals surface area contributed by atoms with Crippen LogP contribution in [0.3, 0.4) is 0 Å². The van der Waals surface area contributed by atoms with Crippen LogP contribution in [-0.2, 0) is 11.3 Å². The standard InChI is InChI=1S/C13H25N3O/c1-2-3-4-5-6-7-10-17-11-8-9-16-12-14-15-13-16/h12-13H,2-11H2,1H3. The Morgan fingerprint density at radius 1 is 0.882 bits per heavy atom. The Morgan fingerprint density at radius 2 is 1.53 bits per heavy atom. The minimum absolute atomic E-state index is 0.840. The molecule has 0 aliphatic rings. The second-order valence-corrected chi connectivity index (χ2v) is 4.43. The fraction of sp³-hybridized carbons (Fsp3) is 0.846. The van der Waals surface area contributed by atoms with Crippen LogP contribution in [0.15, 0.2) is 12.7 Å². The van der Waals surface area contributed by atoms with E-state index in [1.165, 1.54) is 38.5 Å². The Labute approximate surface area is 104 Å². The topological polar surface area (TPSA) is 39.9 Å².